The van der Waals surface area contributed by atoms with Crippen molar-refractivity contribution in [3.63, 3.8) is 0 Å². The van der Waals surface area contributed by atoms with Crippen molar-refractivity contribution in [2.45, 2.75) is 40.5 Å². The van der Waals surface area contributed by atoms with Gasteiger partial charge in [0.15, 0.2) is 11.5 Å². The molecule has 5 nitrogen and oxygen atoms in total. The minimum Gasteiger partial charge on any atom is -0.476 e. The van der Waals surface area contributed by atoms with Crippen LogP contribution in [0, 0.1) is 11.8 Å². The zero-order valence-electron chi connectivity index (χ0n) is 12.8. The molecule has 0 aliphatic carbocycles. The molecule has 1 aromatic heterocycles. The summed E-state index contributed by atoms with van der Waals surface area (Å²) in [5, 5.41) is 9.24. The lowest BCUT2D eigenvalue weighted by atomic mass is 10.1. The van der Waals surface area contributed by atoms with Gasteiger partial charge in [-0.15, -0.1) is 0 Å². The predicted molar refractivity (Wildman–Crippen MR) is 80.1 cm³/mol. The van der Waals surface area contributed by atoms with Crippen LogP contribution in [0.25, 0.3) is 0 Å². The van der Waals surface area contributed by atoms with Crippen LogP contribution in [0.2, 0.25) is 0 Å². The minimum absolute atomic E-state index is 0.0417. The zero-order chi connectivity index (χ0) is 15.1. The first-order valence-electron chi connectivity index (χ1n) is 7.21. The fraction of sp³-hybridized carbons (Fsp3) is 0.667. The Morgan fingerprint density at radius 1 is 1.10 bits per heavy atom. The molecule has 0 radical (unpaired) electrons. The minimum atomic E-state index is -1.02. The van der Waals surface area contributed by atoms with E-state index >= 15 is 0 Å². The molecule has 0 saturated carbocycles. The molecular weight excluding hydrogens is 254 g/mol. The molecule has 0 spiro atoms. The number of nitrogens with zero attached hydrogens (tertiary/aromatic N) is 3. The molecule has 1 rings (SSSR count). The molecule has 0 fully saturated rings. The van der Waals surface area contributed by atoms with Gasteiger partial charge in [0.2, 0.25) is 0 Å². The number of carbonyl (C=O) groups is 1. The van der Waals surface area contributed by atoms with Crippen LogP contribution in [0.5, 0.6) is 0 Å². The van der Waals surface area contributed by atoms with Gasteiger partial charge in [-0.25, -0.2) is 14.8 Å². The number of carboxylic acid groups (broad SMARTS) is 1. The average molecular weight is 279 g/mol. The number of anilines is 1. The van der Waals surface area contributed by atoms with Crippen LogP contribution in [0.3, 0.4) is 0 Å². The highest BCUT2D eigenvalue weighted by atomic mass is 16.4. The van der Waals surface area contributed by atoms with E-state index in [9.17, 15) is 9.90 Å². The average Bonchev–Trinajstić information content (AvgIpc) is 2.38. The van der Waals surface area contributed by atoms with Crippen molar-refractivity contribution in [1.82, 2.24) is 9.97 Å². The number of carboxylic acids is 1. The van der Waals surface area contributed by atoms with Crippen molar-refractivity contribution in [3.05, 3.63) is 18.1 Å². The fourth-order valence-electron chi connectivity index (χ4n) is 1.86. The van der Waals surface area contributed by atoms with Crippen molar-refractivity contribution in [2.75, 3.05) is 18.0 Å². The maximum Gasteiger partial charge on any atom is 0.358 e. The summed E-state index contributed by atoms with van der Waals surface area (Å²) in [4.78, 5) is 21.5. The number of aromatic nitrogens is 2. The van der Waals surface area contributed by atoms with Crippen molar-refractivity contribution in [2.24, 2.45) is 11.8 Å². The first kappa shape index (κ1) is 16.4. The number of hydrogen-bond acceptors (Lipinski definition) is 4. The smallest absolute Gasteiger partial charge is 0.358 e. The van der Waals surface area contributed by atoms with Gasteiger partial charge >= 0.3 is 5.97 Å². The Bertz CT molecular complexity index is 421. The summed E-state index contributed by atoms with van der Waals surface area (Å²) in [6, 6.07) is 0. The molecule has 112 valence electrons. The maximum absolute atomic E-state index is 11.3. The molecule has 0 unspecified atom stereocenters. The highest BCUT2D eigenvalue weighted by Gasteiger charge is 2.19. The second-order valence-corrected chi connectivity index (χ2v) is 5.89. The van der Waals surface area contributed by atoms with E-state index in [1.165, 1.54) is 6.20 Å². The quantitative estimate of drug-likeness (QED) is 0.792. The molecule has 1 N–H and O–H groups in total. The monoisotopic (exact) mass is 279 g/mol. The molecule has 0 atom stereocenters. The standard InChI is InChI=1S/C15H25N3O2/c1-11(2)5-9-18(10-6-12(3)4)14-13(15(19)20)16-7-8-17-14/h7-8,11-12H,5-6,9-10H2,1-4H3,(H,19,20). The molecule has 0 aliphatic rings. The molecule has 20 heavy (non-hydrogen) atoms. The molecule has 1 aromatic rings. The highest BCUT2D eigenvalue weighted by molar-refractivity contribution is 5.90. The van der Waals surface area contributed by atoms with Gasteiger partial charge in [-0.05, 0) is 24.7 Å². The van der Waals surface area contributed by atoms with E-state index in [2.05, 4.69) is 42.6 Å². The maximum atomic E-state index is 11.3. The second-order valence-electron chi connectivity index (χ2n) is 5.89. The van der Waals surface area contributed by atoms with Gasteiger partial charge in [-0.2, -0.15) is 0 Å². The molecule has 0 saturated heterocycles. The summed E-state index contributed by atoms with van der Waals surface area (Å²) < 4.78 is 0. The Labute approximate surface area is 121 Å². The topological polar surface area (TPSA) is 66.3 Å². The van der Waals surface area contributed by atoms with Crippen molar-refractivity contribution in [1.29, 1.82) is 0 Å². The van der Waals surface area contributed by atoms with Crippen LogP contribution < -0.4 is 4.90 Å². The lowest BCUT2D eigenvalue weighted by Gasteiger charge is -2.26. The van der Waals surface area contributed by atoms with Gasteiger partial charge in [0, 0.05) is 25.5 Å². The first-order valence-corrected chi connectivity index (χ1v) is 7.21. The van der Waals surface area contributed by atoms with Gasteiger partial charge in [0.05, 0.1) is 0 Å². The normalized spacial score (nSPS) is 11.1. The summed E-state index contributed by atoms with van der Waals surface area (Å²) in [5.74, 6) is 0.608. The zero-order valence-corrected chi connectivity index (χ0v) is 12.8. The van der Waals surface area contributed by atoms with E-state index in [4.69, 9.17) is 0 Å². The summed E-state index contributed by atoms with van der Waals surface area (Å²) in [6.07, 6.45) is 5.00. The molecule has 0 amide bonds. The summed E-state index contributed by atoms with van der Waals surface area (Å²) in [5.41, 5.74) is 0.0417. The SMILES string of the molecule is CC(C)CCN(CCC(C)C)c1nccnc1C(=O)O. The molecule has 0 aliphatic heterocycles. The van der Waals surface area contributed by atoms with Crippen molar-refractivity contribution < 1.29 is 9.90 Å². The van der Waals surface area contributed by atoms with Crippen molar-refractivity contribution in [3.8, 4) is 0 Å². The third-order valence-corrected chi connectivity index (χ3v) is 3.13. The van der Waals surface area contributed by atoms with Crippen LogP contribution in [-0.2, 0) is 0 Å². The van der Waals surface area contributed by atoms with E-state index in [-0.39, 0.29) is 5.69 Å². The largest absolute Gasteiger partial charge is 0.476 e. The Morgan fingerprint density at radius 3 is 2.05 bits per heavy atom. The van der Waals surface area contributed by atoms with Crippen LogP contribution in [-0.4, -0.2) is 34.1 Å². The van der Waals surface area contributed by atoms with E-state index in [0.717, 1.165) is 25.9 Å². The van der Waals surface area contributed by atoms with Gasteiger partial charge in [-0.1, -0.05) is 27.7 Å². The summed E-state index contributed by atoms with van der Waals surface area (Å²) in [6.45, 7) is 10.3. The van der Waals surface area contributed by atoms with Gasteiger partial charge in [0.25, 0.3) is 0 Å². The third-order valence-electron chi connectivity index (χ3n) is 3.13. The number of aromatic carboxylic acids is 1. The lowest BCUT2D eigenvalue weighted by molar-refractivity contribution is 0.0690. The van der Waals surface area contributed by atoms with Gasteiger partial charge in [-0.3, -0.25) is 0 Å². The second kappa shape index (κ2) is 7.82. The van der Waals surface area contributed by atoms with Crippen LogP contribution >= 0.6 is 0 Å². The van der Waals surface area contributed by atoms with Crippen molar-refractivity contribution >= 4 is 11.8 Å². The van der Waals surface area contributed by atoms with Crippen LogP contribution in [0.4, 0.5) is 5.82 Å². The highest BCUT2D eigenvalue weighted by Crippen LogP contribution is 2.18. The Morgan fingerprint density at radius 2 is 1.60 bits per heavy atom. The lowest BCUT2D eigenvalue weighted by Crippen LogP contribution is -2.30. The summed E-state index contributed by atoms with van der Waals surface area (Å²) in [7, 11) is 0. The van der Waals surface area contributed by atoms with E-state index in [1.807, 2.05) is 0 Å². The van der Waals surface area contributed by atoms with Crippen LogP contribution in [0.1, 0.15) is 51.0 Å². The molecule has 1 heterocycles. The first-order chi connectivity index (χ1) is 9.41. The Balaban J connectivity index is 2.93. The predicted octanol–water partition coefficient (Wildman–Crippen LogP) is 3.07. The fourth-order valence-corrected chi connectivity index (χ4v) is 1.86. The Hall–Kier alpha value is -1.65. The van der Waals surface area contributed by atoms with Gasteiger partial charge in [0.1, 0.15) is 0 Å². The van der Waals surface area contributed by atoms with Crippen LogP contribution in [0.15, 0.2) is 12.4 Å². The number of hydrogen-bond donors (Lipinski definition) is 1. The van der Waals surface area contributed by atoms with E-state index in [0.29, 0.717) is 17.7 Å². The summed E-state index contributed by atoms with van der Waals surface area (Å²) >= 11 is 0. The molecular formula is C15H25N3O2. The van der Waals surface area contributed by atoms with Gasteiger partial charge < -0.3 is 10.0 Å². The van der Waals surface area contributed by atoms with E-state index in [1.54, 1.807) is 6.20 Å². The molecule has 5 heteroatoms. The molecule has 0 aromatic carbocycles. The number of rotatable bonds is 8. The third kappa shape index (κ3) is 5.15. The van der Waals surface area contributed by atoms with E-state index < -0.39 is 5.97 Å². The molecule has 0 bridgehead atoms. The Kier molecular flexibility index (Phi) is 6.42.